The Morgan fingerprint density at radius 2 is 2.15 bits per heavy atom. The van der Waals surface area contributed by atoms with E-state index >= 15 is 0 Å². The Morgan fingerprint density at radius 3 is 2.81 bits per heavy atom. The van der Waals surface area contributed by atoms with E-state index in [1.54, 1.807) is 19.3 Å². The summed E-state index contributed by atoms with van der Waals surface area (Å²) in [5, 5.41) is 3.25. The highest BCUT2D eigenvalue weighted by molar-refractivity contribution is 9.10. The van der Waals surface area contributed by atoms with E-state index in [0.717, 1.165) is 15.6 Å². The fourth-order valence-corrected chi connectivity index (χ4v) is 4.15. The van der Waals surface area contributed by atoms with Gasteiger partial charge in [-0.3, -0.25) is 4.79 Å². The molecular weight excluding hydrogens is 458 g/mol. The van der Waals surface area contributed by atoms with E-state index in [0.29, 0.717) is 32.4 Å². The Labute approximate surface area is 174 Å². The minimum atomic E-state index is -0.198. The molecule has 26 heavy (non-hydrogen) atoms. The van der Waals surface area contributed by atoms with Gasteiger partial charge in [0.25, 0.3) is 5.91 Å². The monoisotopic (exact) mass is 469 g/mol. The maximum Gasteiger partial charge on any atom is 0.263 e. The van der Waals surface area contributed by atoms with Crippen LogP contribution in [0.1, 0.15) is 11.1 Å². The third-order valence-corrected chi connectivity index (χ3v) is 5.45. The number of hydrogen-bond donors (Lipinski definition) is 1. The highest BCUT2D eigenvalue weighted by Crippen LogP contribution is 2.38. The van der Waals surface area contributed by atoms with E-state index in [9.17, 15) is 4.79 Å². The van der Waals surface area contributed by atoms with Crippen LogP contribution in [-0.2, 0) is 11.4 Å². The van der Waals surface area contributed by atoms with Gasteiger partial charge in [-0.05, 0) is 57.4 Å². The number of rotatable bonds is 5. The van der Waals surface area contributed by atoms with Crippen molar-refractivity contribution in [1.82, 2.24) is 5.32 Å². The van der Waals surface area contributed by atoms with Gasteiger partial charge in [0.2, 0.25) is 0 Å². The molecule has 0 radical (unpaired) electrons. The first-order chi connectivity index (χ1) is 12.5. The third kappa shape index (κ3) is 4.59. The average molecular weight is 471 g/mol. The zero-order chi connectivity index (χ0) is 18.7. The lowest BCUT2D eigenvalue weighted by atomic mass is 10.2. The van der Waals surface area contributed by atoms with E-state index < -0.39 is 0 Å². The van der Waals surface area contributed by atoms with E-state index in [-0.39, 0.29) is 5.91 Å². The van der Waals surface area contributed by atoms with Crippen LogP contribution < -0.4 is 14.8 Å². The number of methoxy groups -OCH3 is 1. The zero-order valence-corrected chi connectivity index (χ0v) is 17.5. The number of halogens is 2. The number of benzene rings is 2. The van der Waals surface area contributed by atoms with Crippen LogP contribution >= 0.6 is 51.5 Å². The van der Waals surface area contributed by atoms with Crippen molar-refractivity contribution in [2.75, 3.05) is 7.11 Å². The van der Waals surface area contributed by atoms with Gasteiger partial charge in [-0.2, -0.15) is 0 Å². The Bertz CT molecular complexity index is 917. The molecule has 1 fully saturated rings. The molecule has 2 aromatic rings. The molecule has 0 unspecified atom stereocenters. The first kappa shape index (κ1) is 19.2. The summed E-state index contributed by atoms with van der Waals surface area (Å²) in [6, 6.07) is 11.1. The Balaban J connectivity index is 1.84. The summed E-state index contributed by atoms with van der Waals surface area (Å²) in [6.07, 6.45) is 1.76. The number of carbonyl (C=O) groups excluding carboxylic acids is 1. The van der Waals surface area contributed by atoms with Gasteiger partial charge < -0.3 is 14.8 Å². The van der Waals surface area contributed by atoms with Crippen molar-refractivity contribution in [2.45, 2.75) is 6.61 Å². The van der Waals surface area contributed by atoms with Crippen molar-refractivity contribution in [3.8, 4) is 11.5 Å². The number of thiocarbonyl (C=S) groups is 1. The van der Waals surface area contributed by atoms with Gasteiger partial charge in [-0.1, -0.05) is 47.7 Å². The van der Waals surface area contributed by atoms with Crippen LogP contribution in [0.2, 0.25) is 5.02 Å². The SMILES string of the molecule is COc1cc(/C=C2\SC(=S)NC2=O)cc(Br)c1OCc1cccc(Cl)c1. The van der Waals surface area contributed by atoms with Crippen LogP contribution in [0.25, 0.3) is 6.08 Å². The summed E-state index contributed by atoms with van der Waals surface area (Å²) in [6.45, 7) is 0.350. The summed E-state index contributed by atoms with van der Waals surface area (Å²) in [4.78, 5) is 12.4. The van der Waals surface area contributed by atoms with Gasteiger partial charge >= 0.3 is 0 Å². The van der Waals surface area contributed by atoms with Crippen molar-refractivity contribution in [3.63, 3.8) is 0 Å². The van der Waals surface area contributed by atoms with Crippen LogP contribution in [0.5, 0.6) is 11.5 Å². The van der Waals surface area contributed by atoms with Crippen LogP contribution in [0.15, 0.2) is 45.8 Å². The lowest BCUT2D eigenvalue weighted by Crippen LogP contribution is -2.17. The molecule has 0 saturated carbocycles. The van der Waals surface area contributed by atoms with Crippen LogP contribution in [-0.4, -0.2) is 17.3 Å². The van der Waals surface area contributed by atoms with E-state index in [1.807, 2.05) is 30.3 Å². The molecule has 0 aliphatic carbocycles. The van der Waals surface area contributed by atoms with Crippen LogP contribution in [0.3, 0.4) is 0 Å². The molecule has 1 heterocycles. The van der Waals surface area contributed by atoms with Crippen molar-refractivity contribution >= 4 is 67.8 Å². The first-order valence-electron chi connectivity index (χ1n) is 7.46. The van der Waals surface area contributed by atoms with Crippen molar-refractivity contribution in [1.29, 1.82) is 0 Å². The fraction of sp³-hybridized carbons (Fsp3) is 0.111. The molecule has 1 aliphatic heterocycles. The topological polar surface area (TPSA) is 47.6 Å². The molecule has 8 heteroatoms. The van der Waals surface area contributed by atoms with Gasteiger partial charge in [0.1, 0.15) is 10.9 Å². The van der Waals surface area contributed by atoms with E-state index in [1.165, 1.54) is 11.8 Å². The largest absolute Gasteiger partial charge is 0.493 e. The minimum absolute atomic E-state index is 0.198. The van der Waals surface area contributed by atoms with Crippen LogP contribution in [0.4, 0.5) is 0 Å². The normalized spacial score (nSPS) is 15.3. The summed E-state index contributed by atoms with van der Waals surface area (Å²) >= 11 is 15.7. The molecule has 4 nitrogen and oxygen atoms in total. The molecular formula is C18H13BrClNO3S2. The van der Waals surface area contributed by atoms with Crippen molar-refractivity contribution in [2.24, 2.45) is 0 Å². The smallest absolute Gasteiger partial charge is 0.263 e. The van der Waals surface area contributed by atoms with Crippen LogP contribution in [0, 0.1) is 0 Å². The van der Waals surface area contributed by atoms with Crippen molar-refractivity contribution < 1.29 is 14.3 Å². The number of ether oxygens (including phenoxy) is 2. The van der Waals surface area contributed by atoms with Crippen molar-refractivity contribution in [3.05, 3.63) is 61.9 Å². The molecule has 1 N–H and O–H groups in total. The maximum atomic E-state index is 11.8. The number of hydrogen-bond acceptors (Lipinski definition) is 5. The molecule has 0 spiro atoms. The predicted molar refractivity (Wildman–Crippen MR) is 113 cm³/mol. The standard InChI is InChI=1S/C18H13BrClNO3S2/c1-23-14-7-11(8-15-17(22)21-18(25)26-15)6-13(19)16(14)24-9-10-3-2-4-12(20)5-10/h2-8H,9H2,1H3,(H,21,22,25)/b15-8-. The Kier molecular flexibility index (Phi) is 6.24. The Morgan fingerprint density at radius 1 is 1.35 bits per heavy atom. The molecule has 0 aromatic heterocycles. The molecule has 1 saturated heterocycles. The lowest BCUT2D eigenvalue weighted by Gasteiger charge is -2.14. The molecule has 3 rings (SSSR count). The highest BCUT2D eigenvalue weighted by Gasteiger charge is 2.22. The summed E-state index contributed by atoms with van der Waals surface area (Å²) in [5.74, 6) is 0.935. The number of carbonyl (C=O) groups is 1. The van der Waals surface area contributed by atoms with Gasteiger partial charge in [0, 0.05) is 5.02 Å². The summed E-state index contributed by atoms with van der Waals surface area (Å²) in [5.41, 5.74) is 1.75. The predicted octanol–water partition coefficient (Wildman–Crippen LogP) is 5.18. The number of amides is 1. The Hall–Kier alpha value is -1.54. The molecule has 1 amide bonds. The number of thioether (sulfide) groups is 1. The summed E-state index contributed by atoms with van der Waals surface area (Å²) < 4.78 is 12.5. The van der Waals surface area contributed by atoms with Gasteiger partial charge in [-0.15, -0.1) is 0 Å². The highest BCUT2D eigenvalue weighted by atomic mass is 79.9. The number of nitrogens with one attached hydrogen (secondary N) is 1. The molecule has 0 bridgehead atoms. The average Bonchev–Trinajstić information content (AvgIpc) is 2.90. The minimum Gasteiger partial charge on any atom is -0.493 e. The van der Waals surface area contributed by atoms with Gasteiger partial charge in [0.15, 0.2) is 11.5 Å². The zero-order valence-electron chi connectivity index (χ0n) is 13.5. The molecule has 0 atom stereocenters. The molecule has 134 valence electrons. The second-order valence-electron chi connectivity index (χ2n) is 5.30. The molecule has 1 aliphatic rings. The molecule has 2 aromatic carbocycles. The van der Waals surface area contributed by atoms with Gasteiger partial charge in [0.05, 0.1) is 16.5 Å². The second kappa shape index (κ2) is 8.43. The summed E-state index contributed by atoms with van der Waals surface area (Å²) in [7, 11) is 1.57. The van der Waals surface area contributed by atoms with Gasteiger partial charge in [-0.25, -0.2) is 0 Å². The van der Waals surface area contributed by atoms with E-state index in [4.69, 9.17) is 33.3 Å². The first-order valence-corrected chi connectivity index (χ1v) is 9.85. The quantitative estimate of drug-likeness (QED) is 0.482. The van der Waals surface area contributed by atoms with E-state index in [2.05, 4.69) is 21.2 Å². The second-order valence-corrected chi connectivity index (χ2v) is 8.31. The lowest BCUT2D eigenvalue weighted by molar-refractivity contribution is -0.115. The fourth-order valence-electron chi connectivity index (χ4n) is 2.32. The third-order valence-electron chi connectivity index (χ3n) is 3.46. The maximum absolute atomic E-state index is 11.8.